The maximum absolute atomic E-state index is 11.8. The zero-order valence-electron chi connectivity index (χ0n) is 13.6. The summed E-state index contributed by atoms with van der Waals surface area (Å²) in [5.74, 6) is 0.841. The first kappa shape index (κ1) is 16.7. The van der Waals surface area contributed by atoms with Crippen molar-refractivity contribution >= 4 is 23.3 Å². The predicted octanol–water partition coefficient (Wildman–Crippen LogP) is 1.52. The molecule has 122 valence electrons. The lowest BCUT2D eigenvalue weighted by molar-refractivity contribution is -0.145. The van der Waals surface area contributed by atoms with Crippen molar-refractivity contribution in [3.63, 3.8) is 0 Å². The van der Waals surface area contributed by atoms with Gasteiger partial charge in [-0.2, -0.15) is 0 Å². The fraction of sp³-hybridized carbons (Fsp3) is 0.667. The van der Waals surface area contributed by atoms with E-state index in [1.165, 1.54) is 7.11 Å². The minimum absolute atomic E-state index is 0.0884. The van der Waals surface area contributed by atoms with Crippen molar-refractivity contribution in [2.24, 2.45) is 16.8 Å². The molecule has 7 heteroatoms. The smallest absolute Gasteiger partial charge is 0.310 e. The number of likely N-dealkylation sites (tertiary alicyclic amines) is 1. The first-order valence-electron chi connectivity index (χ1n) is 7.55. The number of carbonyl (C=O) groups excluding carboxylic acids is 1. The number of rotatable bonds is 4. The number of nitrogens with one attached hydrogen (secondary N) is 1. The molecule has 6 nitrogen and oxygen atoms in total. The van der Waals surface area contributed by atoms with E-state index in [4.69, 9.17) is 4.74 Å². The van der Waals surface area contributed by atoms with Crippen molar-refractivity contribution in [1.29, 1.82) is 0 Å². The van der Waals surface area contributed by atoms with Gasteiger partial charge in [0.05, 0.1) is 30.3 Å². The third kappa shape index (κ3) is 3.76. The molecule has 1 aliphatic heterocycles. The van der Waals surface area contributed by atoms with E-state index in [-0.39, 0.29) is 17.8 Å². The summed E-state index contributed by atoms with van der Waals surface area (Å²) < 4.78 is 4.88. The normalized spacial score (nSPS) is 22.0. The molecule has 2 atom stereocenters. The minimum atomic E-state index is -0.141. The van der Waals surface area contributed by atoms with E-state index in [9.17, 15) is 4.79 Å². The number of aryl methyl sites for hydroxylation is 1. The maximum Gasteiger partial charge on any atom is 0.310 e. The van der Waals surface area contributed by atoms with Gasteiger partial charge in [0, 0.05) is 25.5 Å². The summed E-state index contributed by atoms with van der Waals surface area (Å²) in [6.45, 7) is 6.27. The quantitative estimate of drug-likeness (QED) is 0.517. The van der Waals surface area contributed by atoms with Gasteiger partial charge < -0.3 is 15.0 Å². The Morgan fingerprint density at radius 2 is 2.36 bits per heavy atom. The van der Waals surface area contributed by atoms with Crippen LogP contribution in [0.5, 0.6) is 0 Å². The number of nitrogens with zero attached hydrogens (tertiary/aromatic N) is 3. The highest BCUT2D eigenvalue weighted by atomic mass is 32.1. The summed E-state index contributed by atoms with van der Waals surface area (Å²) in [5, 5.41) is 6.55. The molecule has 0 bridgehead atoms. The van der Waals surface area contributed by atoms with Crippen LogP contribution in [0.4, 0.5) is 0 Å². The van der Waals surface area contributed by atoms with Crippen molar-refractivity contribution in [3.8, 4) is 0 Å². The highest BCUT2D eigenvalue weighted by Crippen LogP contribution is 2.24. The van der Waals surface area contributed by atoms with E-state index in [2.05, 4.69) is 39.4 Å². The van der Waals surface area contributed by atoms with E-state index in [0.29, 0.717) is 13.1 Å². The van der Waals surface area contributed by atoms with Crippen molar-refractivity contribution in [2.45, 2.75) is 26.8 Å². The highest BCUT2D eigenvalue weighted by Gasteiger charge is 2.36. The molecule has 0 radical (unpaired) electrons. The number of aromatic nitrogens is 1. The monoisotopic (exact) mass is 324 g/mol. The number of esters is 1. The Labute approximate surface area is 135 Å². The Balaban J connectivity index is 1.93. The molecule has 0 aromatic carbocycles. The zero-order chi connectivity index (χ0) is 16.1. The molecular weight excluding hydrogens is 300 g/mol. The molecule has 0 spiro atoms. The van der Waals surface area contributed by atoms with E-state index in [0.717, 1.165) is 29.6 Å². The van der Waals surface area contributed by atoms with Crippen LogP contribution in [0.3, 0.4) is 0 Å². The van der Waals surface area contributed by atoms with Crippen LogP contribution in [0.2, 0.25) is 0 Å². The van der Waals surface area contributed by atoms with Crippen molar-refractivity contribution in [3.05, 3.63) is 16.1 Å². The Morgan fingerprint density at radius 3 is 2.95 bits per heavy atom. The lowest BCUT2D eigenvalue weighted by atomic mass is 9.99. The van der Waals surface area contributed by atoms with Crippen molar-refractivity contribution in [1.82, 2.24) is 15.2 Å². The average Bonchev–Trinajstić information content (AvgIpc) is 3.14. The van der Waals surface area contributed by atoms with Gasteiger partial charge in [-0.1, -0.05) is 13.8 Å². The van der Waals surface area contributed by atoms with Crippen molar-refractivity contribution in [2.75, 3.05) is 27.2 Å². The van der Waals surface area contributed by atoms with Crippen LogP contribution < -0.4 is 5.32 Å². The molecule has 0 saturated carbocycles. The number of hydrogen-bond donors (Lipinski definition) is 1. The lowest BCUT2D eigenvalue weighted by Crippen LogP contribution is -2.40. The Kier molecular flexibility index (Phi) is 5.76. The van der Waals surface area contributed by atoms with Gasteiger partial charge in [-0.25, -0.2) is 4.98 Å². The third-order valence-electron chi connectivity index (χ3n) is 3.96. The number of hydrogen-bond acceptors (Lipinski definition) is 5. The first-order chi connectivity index (χ1) is 10.6. The molecule has 1 fully saturated rings. The van der Waals surface area contributed by atoms with Crippen LogP contribution in [0.25, 0.3) is 0 Å². The number of ether oxygens (including phenoxy) is 1. The minimum Gasteiger partial charge on any atom is -0.469 e. The number of methoxy groups -OCH3 is 1. The van der Waals surface area contributed by atoms with Crippen LogP contribution in [-0.2, 0) is 22.5 Å². The topological polar surface area (TPSA) is 66.8 Å². The summed E-state index contributed by atoms with van der Waals surface area (Å²) in [6, 6.07) is 0. The molecule has 1 aromatic heterocycles. The second kappa shape index (κ2) is 7.58. The van der Waals surface area contributed by atoms with Gasteiger partial charge in [0.1, 0.15) is 0 Å². The Bertz CT molecular complexity index is 543. The first-order valence-corrected chi connectivity index (χ1v) is 8.43. The van der Waals surface area contributed by atoms with Gasteiger partial charge in [-0.15, -0.1) is 11.3 Å². The lowest BCUT2D eigenvalue weighted by Gasteiger charge is -2.21. The van der Waals surface area contributed by atoms with Gasteiger partial charge in [0.2, 0.25) is 0 Å². The van der Waals surface area contributed by atoms with Crippen LogP contribution in [0.1, 0.15) is 24.5 Å². The summed E-state index contributed by atoms with van der Waals surface area (Å²) in [4.78, 5) is 22.8. The van der Waals surface area contributed by atoms with Gasteiger partial charge in [0.15, 0.2) is 5.96 Å². The Hall–Kier alpha value is -1.63. The molecule has 1 saturated heterocycles. The summed E-state index contributed by atoms with van der Waals surface area (Å²) in [6.07, 6.45) is 0.962. The van der Waals surface area contributed by atoms with Crippen LogP contribution in [0.15, 0.2) is 10.4 Å². The van der Waals surface area contributed by atoms with Gasteiger partial charge in [0.25, 0.3) is 0 Å². The third-order valence-corrected chi connectivity index (χ3v) is 5.00. The van der Waals surface area contributed by atoms with E-state index >= 15 is 0 Å². The number of carbonyl (C=O) groups is 1. The summed E-state index contributed by atoms with van der Waals surface area (Å²) in [5.41, 5.74) is 1.03. The number of thiazole rings is 1. The average molecular weight is 324 g/mol. The largest absolute Gasteiger partial charge is 0.469 e. The highest BCUT2D eigenvalue weighted by molar-refractivity contribution is 7.09. The van der Waals surface area contributed by atoms with E-state index in [1.54, 1.807) is 18.4 Å². The second-order valence-corrected chi connectivity index (χ2v) is 6.44. The molecule has 0 aliphatic carbocycles. The molecule has 1 N–H and O–H groups in total. The molecule has 0 amide bonds. The molecular formula is C15H24N4O2S. The molecule has 22 heavy (non-hydrogen) atoms. The van der Waals surface area contributed by atoms with Gasteiger partial charge in [-0.3, -0.25) is 9.79 Å². The molecule has 2 rings (SSSR count). The van der Waals surface area contributed by atoms with Crippen LogP contribution in [-0.4, -0.2) is 49.1 Å². The standard InChI is InChI=1S/C15H24N4O2S/c1-5-13-18-11(9-22-13)6-17-15(16-3)19-7-10(2)12(8-19)14(20)21-4/h9-10,12H,5-8H2,1-4H3,(H,16,17). The molecule has 1 aliphatic rings. The van der Waals surface area contributed by atoms with E-state index < -0.39 is 0 Å². The van der Waals surface area contributed by atoms with Crippen LogP contribution in [0, 0.1) is 11.8 Å². The summed E-state index contributed by atoms with van der Waals surface area (Å²) >= 11 is 1.68. The number of aliphatic imine (C=N–C) groups is 1. The molecule has 1 aromatic rings. The summed E-state index contributed by atoms with van der Waals surface area (Å²) in [7, 11) is 3.20. The van der Waals surface area contributed by atoms with E-state index in [1.807, 2.05) is 0 Å². The Morgan fingerprint density at radius 1 is 1.59 bits per heavy atom. The van der Waals surface area contributed by atoms with Gasteiger partial charge in [-0.05, 0) is 12.3 Å². The molecule has 2 heterocycles. The predicted molar refractivity (Wildman–Crippen MR) is 87.9 cm³/mol. The van der Waals surface area contributed by atoms with Gasteiger partial charge >= 0.3 is 5.97 Å². The zero-order valence-corrected chi connectivity index (χ0v) is 14.4. The second-order valence-electron chi connectivity index (χ2n) is 5.50. The molecule has 2 unspecified atom stereocenters. The SMILES string of the molecule is CCc1nc(CNC(=NC)N2CC(C)C(C(=O)OC)C2)cs1. The van der Waals surface area contributed by atoms with Crippen LogP contribution >= 0.6 is 11.3 Å². The number of guanidine groups is 1. The van der Waals surface area contributed by atoms with Crippen molar-refractivity contribution < 1.29 is 9.53 Å². The fourth-order valence-electron chi connectivity index (χ4n) is 2.69. The fourth-order valence-corrected chi connectivity index (χ4v) is 3.44. The maximum atomic E-state index is 11.8.